The summed E-state index contributed by atoms with van der Waals surface area (Å²) < 4.78 is 27.7. The summed E-state index contributed by atoms with van der Waals surface area (Å²) >= 11 is 18.4. The molecule has 0 saturated heterocycles. The number of carbonyl (C=O) groups is 1. The molecular formula is C22H19Cl3N2O3S. The summed E-state index contributed by atoms with van der Waals surface area (Å²) in [5.41, 5.74) is 1.95. The fourth-order valence-corrected chi connectivity index (χ4v) is 4.93. The topological polar surface area (TPSA) is 66.5 Å². The fraction of sp³-hybridized carbons (Fsp3) is 0.136. The minimum Gasteiger partial charge on any atom is -0.325 e. The summed E-state index contributed by atoms with van der Waals surface area (Å²) in [5.74, 6) is -0.494. The van der Waals surface area contributed by atoms with Crippen LogP contribution in [0.25, 0.3) is 0 Å². The Hall–Kier alpha value is -2.09. The van der Waals surface area contributed by atoms with Crippen LogP contribution in [0.1, 0.15) is 11.1 Å². The Balaban J connectivity index is 1.93. The van der Waals surface area contributed by atoms with Crippen molar-refractivity contribution in [3.05, 3.63) is 92.9 Å². The van der Waals surface area contributed by atoms with Crippen molar-refractivity contribution in [2.45, 2.75) is 18.4 Å². The zero-order valence-electron chi connectivity index (χ0n) is 16.5. The lowest BCUT2D eigenvalue weighted by molar-refractivity contribution is -0.116. The molecule has 0 saturated carbocycles. The van der Waals surface area contributed by atoms with Crippen LogP contribution >= 0.6 is 34.8 Å². The monoisotopic (exact) mass is 496 g/mol. The van der Waals surface area contributed by atoms with E-state index >= 15 is 0 Å². The highest BCUT2D eigenvalue weighted by molar-refractivity contribution is 7.89. The van der Waals surface area contributed by atoms with Crippen LogP contribution in [0.3, 0.4) is 0 Å². The summed E-state index contributed by atoms with van der Waals surface area (Å²) in [5, 5.41) is 3.75. The molecule has 5 nitrogen and oxygen atoms in total. The first-order valence-corrected chi connectivity index (χ1v) is 11.8. The highest BCUT2D eigenvalue weighted by Crippen LogP contribution is 2.28. The van der Waals surface area contributed by atoms with Crippen LogP contribution < -0.4 is 5.32 Å². The number of halogens is 3. The van der Waals surface area contributed by atoms with E-state index in [1.165, 1.54) is 24.3 Å². The van der Waals surface area contributed by atoms with Crippen molar-refractivity contribution in [2.24, 2.45) is 0 Å². The van der Waals surface area contributed by atoms with Crippen LogP contribution in [0.2, 0.25) is 15.1 Å². The second kappa shape index (κ2) is 10.0. The van der Waals surface area contributed by atoms with Crippen LogP contribution in [-0.2, 0) is 21.4 Å². The third-order valence-corrected chi connectivity index (χ3v) is 7.24. The molecule has 3 rings (SSSR count). The molecule has 162 valence electrons. The molecule has 3 aromatic carbocycles. The van der Waals surface area contributed by atoms with E-state index in [2.05, 4.69) is 5.32 Å². The standard InChI is InChI=1S/C22H19Cl3N2O3S/c1-15-4-2-5-17(12-15)26-22(28)14-27(13-19-20(24)6-3-7-21(19)25)31(29,30)18-10-8-16(23)9-11-18/h2-12H,13-14H2,1H3,(H,26,28). The van der Waals surface area contributed by atoms with Crippen molar-refractivity contribution in [1.82, 2.24) is 4.31 Å². The third kappa shape index (κ3) is 5.99. The molecule has 3 aromatic rings. The van der Waals surface area contributed by atoms with Gasteiger partial charge in [-0.05, 0) is 61.0 Å². The lowest BCUT2D eigenvalue weighted by Gasteiger charge is -2.23. The molecule has 9 heteroatoms. The molecule has 0 unspecified atom stereocenters. The lowest BCUT2D eigenvalue weighted by atomic mass is 10.2. The van der Waals surface area contributed by atoms with Gasteiger partial charge in [-0.3, -0.25) is 4.79 Å². The van der Waals surface area contributed by atoms with Gasteiger partial charge in [0, 0.05) is 32.9 Å². The Morgan fingerprint density at radius 1 is 0.935 bits per heavy atom. The van der Waals surface area contributed by atoms with Gasteiger partial charge in [-0.15, -0.1) is 0 Å². The molecule has 1 N–H and O–H groups in total. The van der Waals surface area contributed by atoms with Gasteiger partial charge in [0.15, 0.2) is 0 Å². The van der Waals surface area contributed by atoms with E-state index in [4.69, 9.17) is 34.8 Å². The summed E-state index contributed by atoms with van der Waals surface area (Å²) in [6.07, 6.45) is 0. The van der Waals surface area contributed by atoms with E-state index in [1.807, 2.05) is 13.0 Å². The zero-order chi connectivity index (χ0) is 22.6. The van der Waals surface area contributed by atoms with Crippen molar-refractivity contribution in [3.63, 3.8) is 0 Å². The van der Waals surface area contributed by atoms with Crippen LogP contribution in [0.15, 0.2) is 71.6 Å². The van der Waals surface area contributed by atoms with Crippen molar-refractivity contribution in [1.29, 1.82) is 0 Å². The summed E-state index contributed by atoms with van der Waals surface area (Å²) in [6.45, 7) is 1.29. The Kier molecular flexibility index (Phi) is 7.62. The molecule has 0 atom stereocenters. The zero-order valence-corrected chi connectivity index (χ0v) is 19.6. The number of carbonyl (C=O) groups excluding carboxylic acids is 1. The van der Waals surface area contributed by atoms with Crippen LogP contribution in [0.5, 0.6) is 0 Å². The highest BCUT2D eigenvalue weighted by Gasteiger charge is 2.28. The second-order valence-electron chi connectivity index (χ2n) is 6.84. The average molecular weight is 498 g/mol. The predicted octanol–water partition coefficient (Wildman–Crippen LogP) is 5.78. The Morgan fingerprint density at radius 3 is 2.16 bits per heavy atom. The van der Waals surface area contributed by atoms with E-state index in [1.54, 1.807) is 36.4 Å². The normalized spacial score (nSPS) is 11.5. The maximum absolute atomic E-state index is 13.3. The second-order valence-corrected chi connectivity index (χ2v) is 10.0. The first-order chi connectivity index (χ1) is 14.7. The number of benzene rings is 3. The number of anilines is 1. The Morgan fingerprint density at radius 2 is 1.55 bits per heavy atom. The molecule has 0 fully saturated rings. The van der Waals surface area contributed by atoms with Crippen LogP contribution in [-0.4, -0.2) is 25.2 Å². The molecule has 1 amide bonds. The molecule has 0 aliphatic rings. The van der Waals surface area contributed by atoms with Gasteiger partial charge in [-0.25, -0.2) is 8.42 Å². The molecular weight excluding hydrogens is 479 g/mol. The smallest absolute Gasteiger partial charge is 0.243 e. The fourth-order valence-electron chi connectivity index (χ4n) is 2.92. The number of rotatable bonds is 7. The van der Waals surface area contributed by atoms with E-state index in [0.717, 1.165) is 9.87 Å². The van der Waals surface area contributed by atoms with Gasteiger partial charge in [-0.2, -0.15) is 4.31 Å². The van der Waals surface area contributed by atoms with E-state index in [-0.39, 0.29) is 11.4 Å². The summed E-state index contributed by atoms with van der Waals surface area (Å²) in [4.78, 5) is 12.7. The molecule has 0 aromatic heterocycles. The molecule has 0 spiro atoms. The highest BCUT2D eigenvalue weighted by atomic mass is 35.5. The molecule has 0 bridgehead atoms. The Labute approximate surface area is 196 Å². The predicted molar refractivity (Wildman–Crippen MR) is 125 cm³/mol. The van der Waals surface area contributed by atoms with Crippen molar-refractivity contribution >= 4 is 56.4 Å². The number of nitrogens with one attached hydrogen (secondary N) is 1. The number of amides is 1. The first kappa shape index (κ1) is 23.6. The Bertz CT molecular complexity index is 1180. The van der Waals surface area contributed by atoms with E-state index < -0.39 is 22.5 Å². The van der Waals surface area contributed by atoms with Crippen LogP contribution in [0.4, 0.5) is 5.69 Å². The first-order valence-electron chi connectivity index (χ1n) is 9.22. The van der Waals surface area contributed by atoms with E-state index in [9.17, 15) is 13.2 Å². The number of hydrogen-bond acceptors (Lipinski definition) is 3. The average Bonchev–Trinajstić information content (AvgIpc) is 2.70. The minimum absolute atomic E-state index is 0.00318. The van der Waals surface area contributed by atoms with Gasteiger partial charge >= 0.3 is 0 Å². The largest absolute Gasteiger partial charge is 0.325 e. The van der Waals surface area contributed by atoms with Crippen molar-refractivity contribution < 1.29 is 13.2 Å². The maximum atomic E-state index is 13.3. The molecule has 0 radical (unpaired) electrons. The van der Waals surface area contributed by atoms with Gasteiger partial charge in [0.25, 0.3) is 0 Å². The van der Waals surface area contributed by atoms with Crippen LogP contribution in [0, 0.1) is 6.92 Å². The van der Waals surface area contributed by atoms with Gasteiger partial charge in [0.05, 0.1) is 11.4 Å². The SMILES string of the molecule is Cc1cccc(NC(=O)CN(Cc2c(Cl)cccc2Cl)S(=O)(=O)c2ccc(Cl)cc2)c1. The van der Waals surface area contributed by atoms with Crippen molar-refractivity contribution in [2.75, 3.05) is 11.9 Å². The van der Waals surface area contributed by atoms with Gasteiger partial charge in [-0.1, -0.05) is 53.0 Å². The summed E-state index contributed by atoms with van der Waals surface area (Å²) in [6, 6.07) is 17.8. The van der Waals surface area contributed by atoms with Gasteiger partial charge < -0.3 is 5.32 Å². The number of nitrogens with zero attached hydrogens (tertiary/aromatic N) is 1. The number of hydrogen-bond donors (Lipinski definition) is 1. The summed E-state index contributed by atoms with van der Waals surface area (Å²) in [7, 11) is -4.05. The molecule has 31 heavy (non-hydrogen) atoms. The molecule has 0 heterocycles. The number of aryl methyl sites for hydroxylation is 1. The van der Waals surface area contributed by atoms with Gasteiger partial charge in [0.1, 0.15) is 0 Å². The third-order valence-electron chi connectivity index (χ3n) is 4.47. The minimum atomic E-state index is -4.05. The van der Waals surface area contributed by atoms with Gasteiger partial charge in [0.2, 0.25) is 15.9 Å². The molecule has 0 aliphatic heterocycles. The van der Waals surface area contributed by atoms with E-state index in [0.29, 0.717) is 26.3 Å². The van der Waals surface area contributed by atoms with Crippen molar-refractivity contribution in [3.8, 4) is 0 Å². The lowest BCUT2D eigenvalue weighted by Crippen LogP contribution is -2.37. The molecule has 0 aliphatic carbocycles. The number of sulfonamides is 1. The quantitative estimate of drug-likeness (QED) is 0.449. The maximum Gasteiger partial charge on any atom is 0.243 e.